The van der Waals surface area contributed by atoms with Gasteiger partial charge in [0.2, 0.25) is 46.7 Å². The number of imide groups is 1. The van der Waals surface area contributed by atoms with Crippen LogP contribution in [0.25, 0.3) is 0 Å². The first-order valence-corrected chi connectivity index (χ1v) is 25.3. The standard InChI is InChI=1S/C51H73ClN10O12/c1-12-30(6)43(36(73-10)25-40(67)61-22-16-19-35(61)44(74-11)31(7)45(68)53-34(48(71)72)23-32-17-14-13-15-18-32)60(9)47(70)41(28(2)3)55-46(69)42(29(4)5)59(8)26-33(27-63)24-37(64)54-50-56-49(52)57-51(58-50)62-38(65)20-21-39(62)66/h13-15,17-18,20-21,27-31,33-36,41-44H,12,16,19,22-26H2,1-11H3,(H,53,68)(H,55,69)(H,71,72)(H,54,56,57,58,64)/t30-,31+,33?,34-,35-,36+,41-,42-,43-,44+/m0/s1. The molecule has 22 nitrogen and oxygen atoms in total. The molecule has 1 saturated heterocycles. The molecule has 10 atom stereocenters. The van der Waals surface area contributed by atoms with Crippen LogP contribution in [0.3, 0.4) is 0 Å². The molecule has 2 aromatic rings. The largest absolute Gasteiger partial charge is 0.480 e. The lowest BCUT2D eigenvalue weighted by atomic mass is 9.89. The molecule has 2 aliphatic heterocycles. The summed E-state index contributed by atoms with van der Waals surface area (Å²) < 4.78 is 11.9. The number of carbonyl (C=O) groups excluding carboxylic acids is 8. The van der Waals surface area contributed by atoms with Crippen molar-refractivity contribution in [3.63, 3.8) is 0 Å². The summed E-state index contributed by atoms with van der Waals surface area (Å²) in [6.45, 7) is 13.1. The van der Waals surface area contributed by atoms with Crippen LogP contribution in [0.4, 0.5) is 11.9 Å². The molecule has 7 amide bonds. The van der Waals surface area contributed by atoms with E-state index in [0.717, 1.165) is 17.7 Å². The third-order valence-electron chi connectivity index (χ3n) is 13.8. The molecule has 23 heteroatoms. The van der Waals surface area contributed by atoms with Gasteiger partial charge >= 0.3 is 5.97 Å². The highest BCUT2D eigenvalue weighted by Gasteiger charge is 2.44. The monoisotopic (exact) mass is 1050 g/mol. The number of carboxylic acids is 1. The minimum atomic E-state index is -1.18. The topological polar surface area (TPSA) is 280 Å². The van der Waals surface area contributed by atoms with E-state index in [9.17, 15) is 48.3 Å². The first-order chi connectivity index (χ1) is 35.0. The molecule has 1 aromatic heterocycles. The zero-order valence-electron chi connectivity index (χ0n) is 44.2. The molecule has 406 valence electrons. The van der Waals surface area contributed by atoms with Crippen LogP contribution in [0.15, 0.2) is 42.5 Å². The molecule has 4 N–H and O–H groups in total. The number of ether oxygens (including phenoxy) is 2. The molecule has 1 aromatic carbocycles. The number of nitrogens with zero attached hydrogens (tertiary/aromatic N) is 7. The predicted octanol–water partition coefficient (Wildman–Crippen LogP) is 2.93. The van der Waals surface area contributed by atoms with Gasteiger partial charge in [0, 0.05) is 65.3 Å². The number of aromatic nitrogens is 3. The summed E-state index contributed by atoms with van der Waals surface area (Å²) in [6, 6.07) is 4.76. The minimum Gasteiger partial charge on any atom is -0.480 e. The van der Waals surface area contributed by atoms with Gasteiger partial charge in [-0.25, -0.2) is 9.69 Å². The maximum Gasteiger partial charge on any atom is 0.326 e. The number of hydrogen-bond acceptors (Lipinski definition) is 15. The molecule has 74 heavy (non-hydrogen) atoms. The van der Waals surface area contributed by atoms with Crippen molar-refractivity contribution in [3.05, 3.63) is 53.3 Å². The molecule has 1 unspecified atom stereocenters. The van der Waals surface area contributed by atoms with Gasteiger partial charge in [-0.15, -0.1) is 0 Å². The highest BCUT2D eigenvalue weighted by Crippen LogP contribution is 2.30. The Bertz CT molecular complexity index is 2340. The number of nitrogens with one attached hydrogen (secondary N) is 3. The number of likely N-dealkylation sites (N-methyl/N-ethyl adjacent to an activating group) is 2. The van der Waals surface area contributed by atoms with Crippen LogP contribution in [-0.4, -0.2) is 172 Å². The average molecular weight is 1050 g/mol. The number of anilines is 2. The molecule has 0 radical (unpaired) electrons. The summed E-state index contributed by atoms with van der Waals surface area (Å²) in [5.41, 5.74) is 0.747. The zero-order chi connectivity index (χ0) is 55.1. The predicted molar refractivity (Wildman–Crippen MR) is 273 cm³/mol. The summed E-state index contributed by atoms with van der Waals surface area (Å²) in [4.78, 5) is 136. The van der Waals surface area contributed by atoms with Crippen molar-refractivity contribution in [2.45, 2.75) is 129 Å². The lowest BCUT2D eigenvalue weighted by molar-refractivity contribution is -0.148. The van der Waals surface area contributed by atoms with Crippen LogP contribution in [0.1, 0.15) is 86.1 Å². The summed E-state index contributed by atoms with van der Waals surface area (Å²) in [5.74, 6) is -8.44. The van der Waals surface area contributed by atoms with E-state index in [1.165, 1.54) is 19.1 Å². The third kappa shape index (κ3) is 15.7. The van der Waals surface area contributed by atoms with Gasteiger partial charge < -0.3 is 39.8 Å². The highest BCUT2D eigenvalue weighted by atomic mass is 35.5. The van der Waals surface area contributed by atoms with Gasteiger partial charge in [-0.2, -0.15) is 15.0 Å². The van der Waals surface area contributed by atoms with E-state index < -0.39 is 113 Å². The lowest BCUT2D eigenvalue weighted by Crippen LogP contribution is -2.60. The third-order valence-corrected chi connectivity index (χ3v) is 13.9. The number of aldehydes is 1. The number of hydrogen-bond donors (Lipinski definition) is 4. The smallest absolute Gasteiger partial charge is 0.326 e. The van der Waals surface area contributed by atoms with Gasteiger partial charge in [0.25, 0.3) is 11.8 Å². The van der Waals surface area contributed by atoms with E-state index in [4.69, 9.17) is 21.1 Å². The number of carboxylic acid groups (broad SMARTS) is 1. The molecular weight excluding hydrogens is 980 g/mol. The van der Waals surface area contributed by atoms with Gasteiger partial charge in [-0.05, 0) is 54.8 Å². The van der Waals surface area contributed by atoms with Crippen molar-refractivity contribution in [2.24, 2.45) is 29.6 Å². The normalized spacial score (nSPS) is 18.3. The number of rotatable bonds is 28. The Balaban J connectivity index is 1.44. The maximum absolute atomic E-state index is 14.7. The van der Waals surface area contributed by atoms with Gasteiger partial charge in [-0.3, -0.25) is 43.8 Å². The SMILES string of the molecule is CC[C@H](C)[C@@H]([C@@H](CC(=O)N1CCC[C@H]1[C@H](OC)[C@@H](C)C(=O)N[C@@H](Cc1ccccc1)C(=O)O)OC)N(C)C(=O)[C@@H](NC(=O)[C@H](C(C)C)N(C)CC(C=O)CC(=O)Nc1nc(Cl)nc(N2C(=O)C=CC2=O)n1)C(C)C. The maximum atomic E-state index is 14.7. The Kier molecular flexibility index (Phi) is 22.7. The van der Waals surface area contributed by atoms with E-state index in [2.05, 4.69) is 30.9 Å². The molecule has 2 aliphatic rings. The van der Waals surface area contributed by atoms with Crippen molar-refractivity contribution < 1.29 is 57.7 Å². The average Bonchev–Trinajstić information content (AvgIpc) is 3.97. The summed E-state index contributed by atoms with van der Waals surface area (Å²) in [7, 11) is 6.19. The molecule has 0 spiro atoms. The Labute approximate surface area is 437 Å². The quantitative estimate of drug-likeness (QED) is 0.0704. The number of carbonyl (C=O) groups is 9. The Morgan fingerprint density at radius 1 is 0.892 bits per heavy atom. The van der Waals surface area contributed by atoms with E-state index in [-0.39, 0.29) is 49.5 Å². The molecule has 4 rings (SSSR count). The molecular formula is C51H73ClN10O12. The number of likely N-dealkylation sites (tertiary alicyclic amines) is 1. The van der Waals surface area contributed by atoms with Gasteiger partial charge in [-0.1, -0.05) is 85.2 Å². The van der Waals surface area contributed by atoms with Crippen molar-refractivity contribution in [3.8, 4) is 0 Å². The number of amides is 7. The van der Waals surface area contributed by atoms with Crippen LogP contribution >= 0.6 is 11.6 Å². The minimum absolute atomic E-state index is 0.0479. The first-order valence-electron chi connectivity index (χ1n) is 24.9. The first kappa shape index (κ1) is 60.3. The zero-order valence-corrected chi connectivity index (χ0v) is 44.9. The van der Waals surface area contributed by atoms with Crippen molar-refractivity contribution in [1.29, 1.82) is 0 Å². The molecule has 0 bridgehead atoms. The van der Waals surface area contributed by atoms with Gasteiger partial charge in [0.15, 0.2) is 0 Å². The fraction of sp³-hybridized carbons (Fsp3) is 0.608. The van der Waals surface area contributed by atoms with E-state index in [0.29, 0.717) is 37.0 Å². The summed E-state index contributed by atoms with van der Waals surface area (Å²) in [6.07, 6.45) is 2.46. The number of methoxy groups -OCH3 is 2. The van der Waals surface area contributed by atoms with Crippen LogP contribution in [-0.2, 0) is 59.0 Å². The Morgan fingerprint density at radius 2 is 1.54 bits per heavy atom. The van der Waals surface area contributed by atoms with Crippen LogP contribution in [0.5, 0.6) is 0 Å². The van der Waals surface area contributed by atoms with Crippen LogP contribution < -0.4 is 20.9 Å². The van der Waals surface area contributed by atoms with Gasteiger partial charge in [0.1, 0.15) is 18.4 Å². The second-order valence-electron chi connectivity index (χ2n) is 19.8. The number of aliphatic carboxylic acids is 1. The van der Waals surface area contributed by atoms with Crippen molar-refractivity contribution >= 4 is 77.1 Å². The van der Waals surface area contributed by atoms with Crippen molar-refractivity contribution in [2.75, 3.05) is 51.6 Å². The van der Waals surface area contributed by atoms with E-state index in [1.54, 1.807) is 68.9 Å². The molecule has 1 fully saturated rings. The van der Waals surface area contributed by atoms with Crippen LogP contribution in [0, 0.1) is 29.6 Å². The summed E-state index contributed by atoms with van der Waals surface area (Å²) >= 11 is 6.00. The van der Waals surface area contributed by atoms with Crippen LogP contribution in [0.2, 0.25) is 5.28 Å². The Morgan fingerprint density at radius 3 is 2.09 bits per heavy atom. The second kappa shape index (κ2) is 27.9. The second-order valence-corrected chi connectivity index (χ2v) is 20.1. The molecule has 0 saturated carbocycles. The summed E-state index contributed by atoms with van der Waals surface area (Å²) in [5, 5.41) is 17.6. The molecule has 3 heterocycles. The number of halogens is 1. The highest BCUT2D eigenvalue weighted by molar-refractivity contribution is 6.29. The van der Waals surface area contributed by atoms with Gasteiger partial charge in [0.05, 0.1) is 42.7 Å². The lowest BCUT2D eigenvalue weighted by Gasteiger charge is -2.41. The fourth-order valence-corrected chi connectivity index (χ4v) is 9.94. The Hall–Kier alpha value is -6.23. The molecule has 0 aliphatic carbocycles. The van der Waals surface area contributed by atoms with E-state index in [1.807, 2.05) is 33.8 Å². The van der Waals surface area contributed by atoms with E-state index >= 15 is 0 Å². The van der Waals surface area contributed by atoms with Crippen molar-refractivity contribution in [1.82, 2.24) is 40.3 Å². The fourth-order valence-electron chi connectivity index (χ4n) is 9.79. The number of benzene rings is 1.